The summed E-state index contributed by atoms with van der Waals surface area (Å²) in [6.45, 7) is 0.761. The molecule has 0 radical (unpaired) electrons. The lowest BCUT2D eigenvalue weighted by atomic mass is 9.96. The summed E-state index contributed by atoms with van der Waals surface area (Å²) in [5, 5.41) is 14.2. The Kier molecular flexibility index (Phi) is 4.68. The minimum absolute atomic E-state index is 0.0950. The lowest BCUT2D eigenvalue weighted by molar-refractivity contribution is 0.478. The van der Waals surface area contributed by atoms with Crippen molar-refractivity contribution in [2.24, 2.45) is 0 Å². The topological polar surface area (TPSA) is 65.1 Å². The Morgan fingerprint density at radius 1 is 1.12 bits per heavy atom. The Balaban J connectivity index is 1.87. The first-order chi connectivity index (χ1) is 12.7. The quantitative estimate of drug-likeness (QED) is 0.342. The number of phenols is 1. The van der Waals surface area contributed by atoms with Gasteiger partial charge < -0.3 is 10.1 Å². The van der Waals surface area contributed by atoms with Gasteiger partial charge in [-0.25, -0.2) is 4.84 Å². The lowest BCUT2D eigenvalue weighted by Gasteiger charge is -2.11. The second kappa shape index (κ2) is 7.11. The van der Waals surface area contributed by atoms with Crippen LogP contribution in [0.25, 0.3) is 32.1 Å². The van der Waals surface area contributed by atoms with Gasteiger partial charge in [0.15, 0.2) is 0 Å². The predicted octanol–water partition coefficient (Wildman–Crippen LogP) is 4.79. The molecule has 6 heteroatoms. The largest absolute Gasteiger partial charge is 0.507 e. The standard InChI is InChI=1S/C20H17ClN2O2S/c21-22-10-1-2-12-3-5-13(6-4-12)17-16(24)8-7-15-18(17)14-9-11-26-19(14)20(25)23-15/h3-9,11,22,24H,1-2,10H2,(H,23,25). The maximum atomic E-state index is 12.2. The number of halogens is 1. The molecule has 0 saturated heterocycles. The first-order valence-corrected chi connectivity index (χ1v) is 9.63. The fourth-order valence-electron chi connectivity index (χ4n) is 3.33. The molecule has 4 nitrogen and oxygen atoms in total. The molecule has 0 bridgehead atoms. The molecule has 4 aromatic rings. The second-order valence-electron chi connectivity index (χ2n) is 6.18. The molecular formula is C20H17ClN2O2S. The number of H-pyrrole nitrogens is 1. The normalized spacial score (nSPS) is 11.4. The number of rotatable bonds is 5. The van der Waals surface area contributed by atoms with E-state index in [4.69, 9.17) is 11.8 Å². The van der Waals surface area contributed by atoms with Crippen molar-refractivity contribution >= 4 is 44.1 Å². The number of aromatic amines is 1. The van der Waals surface area contributed by atoms with E-state index in [1.165, 1.54) is 16.9 Å². The summed E-state index contributed by atoms with van der Waals surface area (Å²) >= 11 is 6.90. The van der Waals surface area contributed by atoms with Gasteiger partial charge in [0.05, 0.1) is 0 Å². The first kappa shape index (κ1) is 17.1. The molecule has 0 saturated carbocycles. The van der Waals surface area contributed by atoms with Crippen molar-refractivity contribution in [3.63, 3.8) is 0 Å². The van der Waals surface area contributed by atoms with Crippen molar-refractivity contribution in [2.75, 3.05) is 6.54 Å². The molecule has 3 N–H and O–H groups in total. The molecule has 0 unspecified atom stereocenters. The molecule has 0 aliphatic rings. The van der Waals surface area contributed by atoms with Crippen LogP contribution >= 0.6 is 23.1 Å². The highest BCUT2D eigenvalue weighted by atomic mass is 35.5. The van der Waals surface area contributed by atoms with Crippen molar-refractivity contribution in [3.8, 4) is 16.9 Å². The molecule has 2 heterocycles. The van der Waals surface area contributed by atoms with Crippen LogP contribution in [0.1, 0.15) is 12.0 Å². The summed E-state index contributed by atoms with van der Waals surface area (Å²) in [5.41, 5.74) is 3.52. The van der Waals surface area contributed by atoms with E-state index in [0.29, 0.717) is 4.70 Å². The maximum Gasteiger partial charge on any atom is 0.266 e. The third-order valence-corrected chi connectivity index (χ3v) is 5.65. The van der Waals surface area contributed by atoms with E-state index in [9.17, 15) is 9.90 Å². The van der Waals surface area contributed by atoms with E-state index in [1.54, 1.807) is 12.1 Å². The molecule has 132 valence electrons. The zero-order valence-electron chi connectivity index (χ0n) is 13.9. The van der Waals surface area contributed by atoms with Crippen LogP contribution in [0.3, 0.4) is 0 Å². The van der Waals surface area contributed by atoms with E-state index in [0.717, 1.165) is 46.8 Å². The molecule has 0 aliphatic carbocycles. The highest BCUT2D eigenvalue weighted by Gasteiger charge is 2.15. The van der Waals surface area contributed by atoms with E-state index in [-0.39, 0.29) is 11.3 Å². The molecule has 0 fully saturated rings. The van der Waals surface area contributed by atoms with Gasteiger partial charge in [0.25, 0.3) is 5.56 Å². The van der Waals surface area contributed by atoms with Crippen LogP contribution < -0.4 is 10.4 Å². The molecule has 2 aromatic carbocycles. The Hall–Kier alpha value is -2.34. The number of hydrogen-bond donors (Lipinski definition) is 3. The lowest BCUT2D eigenvalue weighted by Crippen LogP contribution is -2.04. The summed E-state index contributed by atoms with van der Waals surface area (Å²) in [7, 11) is 0. The summed E-state index contributed by atoms with van der Waals surface area (Å²) < 4.78 is 0.676. The summed E-state index contributed by atoms with van der Waals surface area (Å²) in [5.74, 6) is 0.205. The predicted molar refractivity (Wildman–Crippen MR) is 109 cm³/mol. The number of fused-ring (bicyclic) bond motifs is 3. The number of aryl methyl sites for hydroxylation is 1. The van der Waals surface area contributed by atoms with Gasteiger partial charge in [-0.15, -0.1) is 11.3 Å². The van der Waals surface area contributed by atoms with Crippen LogP contribution in [0.5, 0.6) is 5.75 Å². The number of aromatic nitrogens is 1. The second-order valence-corrected chi connectivity index (χ2v) is 7.37. The van der Waals surface area contributed by atoms with Crippen molar-refractivity contribution in [2.45, 2.75) is 12.8 Å². The van der Waals surface area contributed by atoms with Crippen molar-refractivity contribution in [3.05, 3.63) is 63.8 Å². The van der Waals surface area contributed by atoms with Gasteiger partial charge in [-0.3, -0.25) is 4.79 Å². The number of benzene rings is 2. The fourth-order valence-corrected chi connectivity index (χ4v) is 4.26. The molecule has 0 amide bonds. The van der Waals surface area contributed by atoms with E-state index < -0.39 is 0 Å². The zero-order valence-corrected chi connectivity index (χ0v) is 15.5. The van der Waals surface area contributed by atoms with Gasteiger partial charge in [0, 0.05) is 28.4 Å². The van der Waals surface area contributed by atoms with Crippen LogP contribution in [0.2, 0.25) is 0 Å². The Bertz CT molecular complexity index is 1130. The zero-order chi connectivity index (χ0) is 18.1. The number of phenolic OH excluding ortho intramolecular Hbond substituents is 1. The van der Waals surface area contributed by atoms with E-state index in [2.05, 4.69) is 22.0 Å². The van der Waals surface area contributed by atoms with Crippen molar-refractivity contribution in [1.29, 1.82) is 0 Å². The van der Waals surface area contributed by atoms with E-state index in [1.807, 2.05) is 23.6 Å². The minimum atomic E-state index is -0.0950. The number of nitrogens with one attached hydrogen (secondary N) is 2. The van der Waals surface area contributed by atoms with Gasteiger partial charge >= 0.3 is 0 Å². The van der Waals surface area contributed by atoms with Gasteiger partial charge in [-0.05, 0) is 59.3 Å². The molecule has 2 aromatic heterocycles. The van der Waals surface area contributed by atoms with Crippen LogP contribution in [-0.2, 0) is 6.42 Å². The van der Waals surface area contributed by atoms with Gasteiger partial charge in [0.2, 0.25) is 0 Å². The first-order valence-electron chi connectivity index (χ1n) is 8.37. The molecule has 0 atom stereocenters. The molecule has 26 heavy (non-hydrogen) atoms. The van der Waals surface area contributed by atoms with Gasteiger partial charge in [-0.1, -0.05) is 24.3 Å². The molecule has 0 aliphatic heterocycles. The Morgan fingerprint density at radius 2 is 1.92 bits per heavy atom. The van der Waals surface area contributed by atoms with Crippen LogP contribution in [0, 0.1) is 0 Å². The number of aromatic hydroxyl groups is 1. The van der Waals surface area contributed by atoms with Crippen LogP contribution in [0.4, 0.5) is 0 Å². The Morgan fingerprint density at radius 3 is 2.69 bits per heavy atom. The average molecular weight is 385 g/mol. The van der Waals surface area contributed by atoms with E-state index >= 15 is 0 Å². The highest BCUT2D eigenvalue weighted by Crippen LogP contribution is 2.39. The Labute approximate surface area is 159 Å². The monoisotopic (exact) mass is 384 g/mol. The molecule has 0 spiro atoms. The van der Waals surface area contributed by atoms with Crippen molar-refractivity contribution in [1.82, 2.24) is 9.82 Å². The number of hydrogen-bond acceptors (Lipinski definition) is 4. The summed E-state index contributed by atoms with van der Waals surface area (Å²) in [6, 6.07) is 13.5. The van der Waals surface area contributed by atoms with Gasteiger partial charge in [-0.2, -0.15) is 0 Å². The SMILES string of the molecule is O=c1[nH]c2ccc(O)c(-c3ccc(CCCNCl)cc3)c2c2ccsc12. The number of pyridine rings is 1. The highest BCUT2D eigenvalue weighted by molar-refractivity contribution is 7.17. The third kappa shape index (κ3) is 2.98. The number of thiophene rings is 1. The van der Waals surface area contributed by atoms with Crippen molar-refractivity contribution < 1.29 is 5.11 Å². The summed E-state index contributed by atoms with van der Waals surface area (Å²) in [6.07, 6.45) is 1.89. The maximum absolute atomic E-state index is 12.2. The fraction of sp³-hybridized carbons (Fsp3) is 0.150. The van der Waals surface area contributed by atoms with Crippen LogP contribution in [0.15, 0.2) is 52.6 Å². The third-order valence-electron chi connectivity index (χ3n) is 4.55. The molecular weight excluding hydrogens is 368 g/mol. The minimum Gasteiger partial charge on any atom is -0.507 e. The smallest absolute Gasteiger partial charge is 0.266 e. The van der Waals surface area contributed by atoms with Crippen LogP contribution in [-0.4, -0.2) is 16.6 Å². The summed E-state index contributed by atoms with van der Waals surface area (Å²) in [4.78, 5) is 17.8. The molecule has 4 rings (SSSR count). The van der Waals surface area contributed by atoms with Gasteiger partial charge in [0.1, 0.15) is 10.4 Å². The average Bonchev–Trinajstić information content (AvgIpc) is 3.14.